The van der Waals surface area contributed by atoms with Gasteiger partial charge in [-0.3, -0.25) is 0 Å². The summed E-state index contributed by atoms with van der Waals surface area (Å²) in [5.41, 5.74) is 9.96. The molecule has 1 aromatic heterocycles. The van der Waals surface area contributed by atoms with E-state index in [4.69, 9.17) is 10.5 Å². The Kier molecular flexibility index (Phi) is 4.74. The van der Waals surface area contributed by atoms with Crippen LogP contribution in [0.15, 0.2) is 22.7 Å². The fourth-order valence-corrected chi connectivity index (χ4v) is 4.25. The monoisotopic (exact) mass is 367 g/mol. The third-order valence-corrected chi connectivity index (χ3v) is 4.94. The van der Waals surface area contributed by atoms with Gasteiger partial charge in [-0.1, -0.05) is 35.8 Å². The molecule has 0 aliphatic carbocycles. The highest BCUT2D eigenvalue weighted by Crippen LogP contribution is 2.43. The highest BCUT2D eigenvalue weighted by atomic mass is 79.9. The molecule has 0 radical (unpaired) electrons. The molecule has 5 heteroatoms. The van der Waals surface area contributed by atoms with Crippen molar-refractivity contribution in [3.8, 4) is 10.4 Å². The number of benzene rings is 1. The second-order valence-corrected chi connectivity index (χ2v) is 7.19. The minimum Gasteiger partial charge on any atom is -0.465 e. The zero-order chi connectivity index (χ0) is 15.7. The molecule has 1 aromatic carbocycles. The van der Waals surface area contributed by atoms with Crippen LogP contribution in [0.1, 0.15) is 40.6 Å². The van der Waals surface area contributed by atoms with E-state index in [1.54, 1.807) is 0 Å². The van der Waals surface area contributed by atoms with Crippen LogP contribution >= 0.6 is 27.3 Å². The van der Waals surface area contributed by atoms with Gasteiger partial charge in [0.25, 0.3) is 0 Å². The number of hydrogen-bond acceptors (Lipinski definition) is 4. The number of halogens is 1. The first-order valence-electron chi connectivity index (χ1n) is 6.63. The molecule has 0 spiro atoms. The second-order valence-electron chi connectivity index (χ2n) is 5.25. The fourth-order valence-electron chi connectivity index (χ4n) is 2.36. The van der Waals surface area contributed by atoms with Gasteiger partial charge in [-0.05, 0) is 41.7 Å². The molecule has 0 aliphatic heterocycles. The highest BCUT2D eigenvalue weighted by Gasteiger charge is 2.24. The zero-order valence-electron chi connectivity index (χ0n) is 12.5. The molecule has 0 saturated carbocycles. The Labute approximate surface area is 137 Å². The summed E-state index contributed by atoms with van der Waals surface area (Å²) < 4.78 is 5.84. The van der Waals surface area contributed by atoms with Crippen LogP contribution in [0.5, 0.6) is 0 Å². The molecular weight excluding hydrogens is 350 g/mol. The Morgan fingerprint density at radius 3 is 2.52 bits per heavy atom. The molecule has 2 aromatic rings. The van der Waals surface area contributed by atoms with Gasteiger partial charge in [0.15, 0.2) is 0 Å². The van der Waals surface area contributed by atoms with Crippen molar-refractivity contribution in [1.82, 2.24) is 0 Å². The van der Waals surface area contributed by atoms with E-state index in [0.29, 0.717) is 10.6 Å². The maximum Gasteiger partial charge on any atom is 0.350 e. The van der Waals surface area contributed by atoms with Gasteiger partial charge < -0.3 is 10.5 Å². The third kappa shape index (κ3) is 3.14. The predicted molar refractivity (Wildman–Crippen MR) is 92.0 cm³/mol. The minimum absolute atomic E-state index is 0.231. The molecule has 3 nitrogen and oxygen atoms in total. The average molecular weight is 368 g/mol. The molecule has 21 heavy (non-hydrogen) atoms. The molecule has 0 unspecified atom stereocenters. The maximum absolute atomic E-state index is 11.9. The predicted octanol–water partition coefficient (Wildman–Crippen LogP) is 4.98. The zero-order valence-corrected chi connectivity index (χ0v) is 14.9. The molecular formula is C16H18BrNO2S. The van der Waals surface area contributed by atoms with Crippen LogP contribution in [0.25, 0.3) is 10.4 Å². The van der Waals surface area contributed by atoms with E-state index < -0.39 is 0 Å². The van der Waals surface area contributed by atoms with E-state index >= 15 is 0 Å². The first-order valence-corrected chi connectivity index (χ1v) is 8.24. The molecule has 0 atom stereocenters. The van der Waals surface area contributed by atoms with Crippen molar-refractivity contribution in [1.29, 1.82) is 0 Å². The number of thiophene rings is 1. The number of methoxy groups -OCH3 is 1. The van der Waals surface area contributed by atoms with E-state index in [9.17, 15) is 4.79 Å². The Hall–Kier alpha value is -1.33. The number of ether oxygens (including phenoxy) is 1. The third-order valence-electron chi connectivity index (χ3n) is 3.24. The molecule has 0 amide bonds. The lowest BCUT2D eigenvalue weighted by atomic mass is 9.97. The normalized spacial score (nSPS) is 11.0. The number of esters is 1. The molecule has 2 rings (SSSR count). The largest absolute Gasteiger partial charge is 0.465 e. The van der Waals surface area contributed by atoms with E-state index in [-0.39, 0.29) is 11.9 Å². The van der Waals surface area contributed by atoms with Gasteiger partial charge in [-0.25, -0.2) is 4.79 Å². The molecule has 2 N–H and O–H groups in total. The van der Waals surface area contributed by atoms with E-state index in [0.717, 1.165) is 26.0 Å². The summed E-state index contributed by atoms with van der Waals surface area (Å²) in [5, 5.41) is 0. The van der Waals surface area contributed by atoms with Crippen molar-refractivity contribution >= 4 is 38.9 Å². The van der Waals surface area contributed by atoms with Crippen LogP contribution < -0.4 is 5.73 Å². The molecule has 0 aliphatic rings. The van der Waals surface area contributed by atoms with Crippen molar-refractivity contribution in [3.63, 3.8) is 0 Å². The number of rotatable bonds is 3. The number of aryl methyl sites for hydroxylation is 1. The average Bonchev–Trinajstić information content (AvgIpc) is 2.74. The van der Waals surface area contributed by atoms with Crippen LogP contribution in [0.2, 0.25) is 0 Å². The first-order chi connectivity index (χ1) is 9.85. The van der Waals surface area contributed by atoms with E-state index in [2.05, 4.69) is 41.9 Å². The summed E-state index contributed by atoms with van der Waals surface area (Å²) in [6.07, 6.45) is 0. The smallest absolute Gasteiger partial charge is 0.350 e. The van der Waals surface area contributed by atoms with Crippen molar-refractivity contribution in [2.75, 3.05) is 12.8 Å². The molecule has 0 fully saturated rings. The lowest BCUT2D eigenvalue weighted by Gasteiger charge is -2.10. The van der Waals surface area contributed by atoms with Crippen molar-refractivity contribution in [2.45, 2.75) is 26.7 Å². The van der Waals surface area contributed by atoms with Gasteiger partial charge in [-0.15, -0.1) is 11.3 Å². The standard InChI is InChI=1S/C16H18BrNO2S/c1-8(2)12-13(18)15(16(19)20-4)21-14(12)10-5-9(3)6-11(17)7-10/h5-8H,18H2,1-4H3. The van der Waals surface area contributed by atoms with Gasteiger partial charge in [0.05, 0.1) is 12.8 Å². The molecule has 112 valence electrons. The number of anilines is 1. The van der Waals surface area contributed by atoms with Crippen LogP contribution in [-0.2, 0) is 4.74 Å². The molecule has 0 bridgehead atoms. The minimum atomic E-state index is -0.377. The van der Waals surface area contributed by atoms with Crippen LogP contribution in [0.3, 0.4) is 0 Å². The van der Waals surface area contributed by atoms with E-state index in [1.165, 1.54) is 18.4 Å². The maximum atomic E-state index is 11.9. The summed E-state index contributed by atoms with van der Waals surface area (Å²) in [7, 11) is 1.37. The Morgan fingerprint density at radius 1 is 1.33 bits per heavy atom. The number of hydrogen-bond donors (Lipinski definition) is 1. The topological polar surface area (TPSA) is 52.3 Å². The Morgan fingerprint density at radius 2 is 2.00 bits per heavy atom. The van der Waals surface area contributed by atoms with Gasteiger partial charge in [0.1, 0.15) is 4.88 Å². The second kappa shape index (κ2) is 6.20. The van der Waals surface area contributed by atoms with Gasteiger partial charge in [-0.2, -0.15) is 0 Å². The Balaban J connectivity index is 2.70. The van der Waals surface area contributed by atoms with Crippen LogP contribution in [0.4, 0.5) is 5.69 Å². The quantitative estimate of drug-likeness (QED) is 0.778. The lowest BCUT2D eigenvalue weighted by molar-refractivity contribution is 0.0607. The van der Waals surface area contributed by atoms with E-state index in [1.807, 2.05) is 13.0 Å². The molecule has 1 heterocycles. The summed E-state index contributed by atoms with van der Waals surface area (Å²) in [6.45, 7) is 6.20. The number of nitrogen functional groups attached to an aromatic ring is 1. The number of carbonyl (C=O) groups excluding carboxylic acids is 1. The molecule has 0 saturated heterocycles. The van der Waals surface area contributed by atoms with Crippen LogP contribution in [0, 0.1) is 6.92 Å². The summed E-state index contributed by atoms with van der Waals surface area (Å²) in [6, 6.07) is 6.20. The van der Waals surface area contributed by atoms with Gasteiger partial charge >= 0.3 is 5.97 Å². The summed E-state index contributed by atoms with van der Waals surface area (Å²) in [5.74, 6) is -0.147. The van der Waals surface area contributed by atoms with Crippen molar-refractivity contribution in [3.05, 3.63) is 38.7 Å². The number of carbonyl (C=O) groups is 1. The Bertz CT molecular complexity index is 672. The number of nitrogens with two attached hydrogens (primary N) is 1. The van der Waals surface area contributed by atoms with Crippen LogP contribution in [-0.4, -0.2) is 13.1 Å². The SMILES string of the molecule is COC(=O)c1sc(-c2cc(C)cc(Br)c2)c(C(C)C)c1N. The summed E-state index contributed by atoms with van der Waals surface area (Å²) in [4.78, 5) is 13.4. The highest BCUT2D eigenvalue weighted by molar-refractivity contribution is 9.10. The lowest BCUT2D eigenvalue weighted by Crippen LogP contribution is -2.03. The van der Waals surface area contributed by atoms with Crippen molar-refractivity contribution in [2.24, 2.45) is 0 Å². The van der Waals surface area contributed by atoms with Crippen molar-refractivity contribution < 1.29 is 9.53 Å². The summed E-state index contributed by atoms with van der Waals surface area (Å²) >= 11 is 4.92. The fraction of sp³-hybridized carbons (Fsp3) is 0.312. The van der Waals surface area contributed by atoms with Gasteiger partial charge in [0.2, 0.25) is 0 Å². The first kappa shape index (κ1) is 16.0. The van der Waals surface area contributed by atoms with Gasteiger partial charge in [0, 0.05) is 9.35 Å².